The molecule has 1 unspecified atom stereocenters. The molecule has 0 aliphatic carbocycles. The fraction of sp³-hybridized carbons (Fsp3) is 0.936. The van der Waals surface area contributed by atoms with Crippen LogP contribution in [-0.2, 0) is 14.3 Å². The van der Waals surface area contributed by atoms with E-state index in [1.807, 2.05) is 0 Å². The molecule has 51 heavy (non-hydrogen) atoms. The second-order valence-corrected chi connectivity index (χ2v) is 15.8. The zero-order valence-corrected chi connectivity index (χ0v) is 34.9. The molecular weight excluding hydrogens is 629 g/mol. The van der Waals surface area contributed by atoms with Gasteiger partial charge >= 0.3 is 5.97 Å². The number of esters is 1. The molecule has 304 valence electrons. The maximum Gasteiger partial charge on any atom is 0.306 e. The van der Waals surface area contributed by atoms with Gasteiger partial charge in [0.05, 0.1) is 13.2 Å². The molecule has 4 nitrogen and oxygen atoms in total. The number of ether oxygens (including phenoxy) is 2. The number of carbonyl (C=O) groups is 1. The normalized spacial score (nSPS) is 12.3. The highest BCUT2D eigenvalue weighted by Gasteiger charge is 2.13. The van der Waals surface area contributed by atoms with Crippen LogP contribution < -0.4 is 0 Å². The van der Waals surface area contributed by atoms with Gasteiger partial charge in [-0.25, -0.2) is 0 Å². The molecule has 0 aromatic carbocycles. The van der Waals surface area contributed by atoms with Gasteiger partial charge in [0.15, 0.2) is 0 Å². The summed E-state index contributed by atoms with van der Waals surface area (Å²) in [7, 11) is 0. The lowest BCUT2D eigenvalue weighted by Crippen LogP contribution is -2.27. The molecular formula is C47H92O4. The van der Waals surface area contributed by atoms with Crippen LogP contribution in [0, 0.1) is 0 Å². The van der Waals surface area contributed by atoms with Crippen molar-refractivity contribution in [1.29, 1.82) is 0 Å². The number of unbranched alkanes of at least 4 members (excludes halogenated alkanes) is 34. The van der Waals surface area contributed by atoms with Crippen LogP contribution in [0.5, 0.6) is 0 Å². The van der Waals surface area contributed by atoms with Gasteiger partial charge in [-0.2, -0.15) is 0 Å². The summed E-state index contributed by atoms with van der Waals surface area (Å²) in [6, 6.07) is 0. The molecule has 0 fully saturated rings. The number of allylic oxidation sites excluding steroid dienone is 2. The predicted octanol–water partition coefficient (Wildman–Crippen LogP) is 15.3. The average molecular weight is 721 g/mol. The first-order valence-corrected chi connectivity index (χ1v) is 23.3. The molecule has 0 aromatic rings. The number of aliphatic hydroxyl groups excluding tert-OH is 1. The lowest BCUT2D eigenvalue weighted by atomic mass is 10.0. The van der Waals surface area contributed by atoms with Gasteiger partial charge in [0.25, 0.3) is 0 Å². The van der Waals surface area contributed by atoms with Crippen molar-refractivity contribution < 1.29 is 19.4 Å². The zero-order valence-electron chi connectivity index (χ0n) is 34.9. The first-order valence-electron chi connectivity index (χ1n) is 23.3. The van der Waals surface area contributed by atoms with E-state index in [4.69, 9.17) is 9.47 Å². The van der Waals surface area contributed by atoms with Crippen molar-refractivity contribution in [2.45, 2.75) is 264 Å². The van der Waals surface area contributed by atoms with E-state index in [-0.39, 0.29) is 12.6 Å². The summed E-state index contributed by atoms with van der Waals surface area (Å²) in [5.74, 6) is -0.204. The van der Waals surface area contributed by atoms with E-state index < -0.39 is 6.10 Å². The molecule has 4 heteroatoms. The number of hydrogen-bond acceptors (Lipinski definition) is 4. The van der Waals surface area contributed by atoms with Crippen molar-refractivity contribution in [3.8, 4) is 0 Å². The third-order valence-electron chi connectivity index (χ3n) is 10.6. The number of hydrogen-bond donors (Lipinski definition) is 1. The largest absolute Gasteiger partial charge is 0.457 e. The van der Waals surface area contributed by atoms with Gasteiger partial charge in [0.2, 0.25) is 0 Å². The van der Waals surface area contributed by atoms with Gasteiger partial charge in [-0.1, -0.05) is 225 Å². The molecule has 1 atom stereocenters. The summed E-state index contributed by atoms with van der Waals surface area (Å²) in [6.07, 6.45) is 54.3. The van der Waals surface area contributed by atoms with Crippen molar-refractivity contribution >= 4 is 5.97 Å². The summed E-state index contributed by atoms with van der Waals surface area (Å²) in [6.45, 7) is 5.38. The standard InChI is InChI=1S/C47H92O4/c1-3-5-7-9-11-13-15-17-19-20-21-22-23-24-25-26-27-29-31-33-35-37-39-41-43-50-45-46(44-48)51-47(49)42-40-38-36-34-32-30-28-18-16-14-12-10-8-6-4-2/h18,28,46,48H,3-17,19-27,29-45H2,1-2H3/b28-18-. The van der Waals surface area contributed by atoms with Gasteiger partial charge in [-0.15, -0.1) is 0 Å². The van der Waals surface area contributed by atoms with Gasteiger partial charge in [0.1, 0.15) is 6.10 Å². The Bertz CT molecular complexity index is 677. The quantitative estimate of drug-likeness (QED) is 0.0387. The van der Waals surface area contributed by atoms with Crippen LogP contribution in [0.15, 0.2) is 12.2 Å². The van der Waals surface area contributed by atoms with Crippen molar-refractivity contribution in [2.24, 2.45) is 0 Å². The fourth-order valence-corrected chi connectivity index (χ4v) is 7.09. The Balaban J connectivity index is 3.34. The van der Waals surface area contributed by atoms with E-state index in [0.717, 1.165) is 19.3 Å². The van der Waals surface area contributed by atoms with E-state index in [0.29, 0.717) is 19.6 Å². The van der Waals surface area contributed by atoms with Crippen LogP contribution in [-0.4, -0.2) is 37.0 Å². The van der Waals surface area contributed by atoms with Crippen molar-refractivity contribution in [3.05, 3.63) is 12.2 Å². The monoisotopic (exact) mass is 721 g/mol. The van der Waals surface area contributed by atoms with Crippen molar-refractivity contribution in [3.63, 3.8) is 0 Å². The molecule has 0 rings (SSSR count). The highest BCUT2D eigenvalue weighted by Crippen LogP contribution is 2.16. The number of aliphatic hydroxyl groups is 1. The Morgan fingerprint density at radius 3 is 1.12 bits per heavy atom. The summed E-state index contributed by atoms with van der Waals surface area (Å²) in [5.41, 5.74) is 0. The molecule has 0 heterocycles. The minimum Gasteiger partial charge on any atom is -0.457 e. The minimum absolute atomic E-state index is 0.169. The van der Waals surface area contributed by atoms with Crippen LogP contribution in [0.2, 0.25) is 0 Å². The Hall–Kier alpha value is -0.870. The third-order valence-corrected chi connectivity index (χ3v) is 10.6. The second-order valence-electron chi connectivity index (χ2n) is 15.8. The van der Waals surface area contributed by atoms with Gasteiger partial charge in [-0.3, -0.25) is 4.79 Å². The van der Waals surface area contributed by atoms with Crippen LogP contribution in [0.3, 0.4) is 0 Å². The minimum atomic E-state index is -0.532. The lowest BCUT2D eigenvalue weighted by molar-refractivity contribution is -0.154. The van der Waals surface area contributed by atoms with Crippen LogP contribution in [0.25, 0.3) is 0 Å². The topological polar surface area (TPSA) is 55.8 Å². The Kier molecular flexibility index (Phi) is 44.5. The Morgan fingerprint density at radius 1 is 0.451 bits per heavy atom. The Morgan fingerprint density at radius 2 is 0.765 bits per heavy atom. The highest BCUT2D eigenvalue weighted by molar-refractivity contribution is 5.69. The molecule has 0 saturated heterocycles. The smallest absolute Gasteiger partial charge is 0.306 e. The molecule has 1 N–H and O–H groups in total. The molecule has 0 radical (unpaired) electrons. The van der Waals surface area contributed by atoms with Crippen LogP contribution in [0.1, 0.15) is 258 Å². The second kappa shape index (κ2) is 45.3. The zero-order chi connectivity index (χ0) is 37.0. The van der Waals surface area contributed by atoms with Crippen LogP contribution >= 0.6 is 0 Å². The lowest BCUT2D eigenvalue weighted by Gasteiger charge is -2.15. The van der Waals surface area contributed by atoms with E-state index in [1.54, 1.807) is 0 Å². The summed E-state index contributed by atoms with van der Waals surface area (Å²) in [4.78, 5) is 12.2. The first kappa shape index (κ1) is 50.1. The highest BCUT2D eigenvalue weighted by atomic mass is 16.6. The van der Waals surface area contributed by atoms with Gasteiger partial charge in [0, 0.05) is 13.0 Å². The molecule has 0 amide bonds. The molecule has 0 bridgehead atoms. The molecule has 0 aromatic heterocycles. The van der Waals surface area contributed by atoms with Gasteiger partial charge in [-0.05, 0) is 38.5 Å². The van der Waals surface area contributed by atoms with Crippen molar-refractivity contribution in [2.75, 3.05) is 19.8 Å². The number of carbonyl (C=O) groups excluding carboxylic acids is 1. The molecule has 0 spiro atoms. The average Bonchev–Trinajstić information content (AvgIpc) is 3.14. The van der Waals surface area contributed by atoms with Gasteiger partial charge < -0.3 is 14.6 Å². The molecule has 0 aliphatic rings. The molecule has 0 saturated carbocycles. The van der Waals surface area contributed by atoms with Crippen molar-refractivity contribution in [1.82, 2.24) is 0 Å². The van der Waals surface area contributed by atoms with Crippen LogP contribution in [0.4, 0.5) is 0 Å². The van der Waals surface area contributed by atoms with E-state index >= 15 is 0 Å². The SMILES string of the molecule is CCCCCCCC/C=C\CCCCCCCC(=O)OC(CO)COCCCCCCCCCCCCCCCCCCCCCCCCCC. The predicted molar refractivity (Wildman–Crippen MR) is 224 cm³/mol. The maximum atomic E-state index is 12.2. The summed E-state index contributed by atoms with van der Waals surface area (Å²) >= 11 is 0. The van der Waals surface area contributed by atoms with E-state index in [9.17, 15) is 9.90 Å². The van der Waals surface area contributed by atoms with E-state index in [2.05, 4.69) is 26.0 Å². The molecule has 0 aliphatic heterocycles. The first-order chi connectivity index (χ1) is 25.2. The maximum absolute atomic E-state index is 12.2. The van der Waals surface area contributed by atoms with E-state index in [1.165, 1.54) is 218 Å². The fourth-order valence-electron chi connectivity index (χ4n) is 7.09. The summed E-state index contributed by atoms with van der Waals surface area (Å²) in [5, 5.41) is 9.61. The number of rotatable bonds is 44. The summed E-state index contributed by atoms with van der Waals surface area (Å²) < 4.78 is 11.2. The Labute approximate surface area is 320 Å². The third kappa shape index (κ3) is 43.4.